The lowest BCUT2D eigenvalue weighted by Crippen LogP contribution is -2.54. The Bertz CT molecular complexity index is 896. The largest absolute Gasteiger partial charge is 0.459 e. The summed E-state index contributed by atoms with van der Waals surface area (Å²) in [4.78, 5) is 42.5. The van der Waals surface area contributed by atoms with Gasteiger partial charge < -0.3 is 19.5 Å². The van der Waals surface area contributed by atoms with Gasteiger partial charge in [0.15, 0.2) is 5.76 Å². The van der Waals surface area contributed by atoms with Crippen molar-refractivity contribution in [2.24, 2.45) is 28.6 Å². The van der Waals surface area contributed by atoms with E-state index in [0.717, 1.165) is 69.4 Å². The second-order valence-electron chi connectivity index (χ2n) is 11.7. The van der Waals surface area contributed by atoms with Crippen LogP contribution in [0.1, 0.15) is 68.3 Å². The van der Waals surface area contributed by atoms with Gasteiger partial charge in [0.25, 0.3) is 5.91 Å². The first kappa shape index (κ1) is 21.2. The zero-order valence-corrected chi connectivity index (χ0v) is 19.4. The Morgan fingerprint density at radius 2 is 1.55 bits per heavy atom. The lowest BCUT2D eigenvalue weighted by Gasteiger charge is -2.56. The first-order valence-electron chi connectivity index (χ1n) is 12.8. The number of hydrogen-bond acceptors (Lipinski definition) is 4. The summed E-state index contributed by atoms with van der Waals surface area (Å²) < 4.78 is 5.07. The van der Waals surface area contributed by atoms with Gasteiger partial charge in [0.05, 0.1) is 18.2 Å². The van der Waals surface area contributed by atoms with E-state index < -0.39 is 0 Å². The molecule has 2 aliphatic heterocycles. The highest BCUT2D eigenvalue weighted by Gasteiger charge is 2.57. The molecular weight excluding hydrogens is 418 g/mol. The van der Waals surface area contributed by atoms with E-state index in [1.807, 2.05) is 4.90 Å². The van der Waals surface area contributed by atoms with Crippen molar-refractivity contribution in [3.8, 4) is 0 Å². The summed E-state index contributed by atoms with van der Waals surface area (Å²) >= 11 is 0. The van der Waals surface area contributed by atoms with Gasteiger partial charge in [-0.3, -0.25) is 14.4 Å². The van der Waals surface area contributed by atoms with Gasteiger partial charge in [0, 0.05) is 26.2 Å². The quantitative estimate of drug-likeness (QED) is 0.760. The van der Waals surface area contributed by atoms with Gasteiger partial charge >= 0.3 is 0 Å². The van der Waals surface area contributed by atoms with E-state index in [1.165, 1.54) is 25.5 Å². The molecule has 7 heteroatoms. The van der Waals surface area contributed by atoms with E-state index in [1.54, 1.807) is 12.1 Å². The first-order valence-corrected chi connectivity index (χ1v) is 12.8. The van der Waals surface area contributed by atoms with Gasteiger partial charge in [-0.1, -0.05) is 0 Å². The molecule has 0 atom stereocenters. The summed E-state index contributed by atoms with van der Waals surface area (Å²) in [5.41, 5.74) is 0.106. The average Bonchev–Trinajstić information content (AvgIpc) is 3.47. The van der Waals surface area contributed by atoms with E-state index in [-0.39, 0.29) is 34.9 Å². The molecule has 4 aliphatic carbocycles. The fraction of sp³-hybridized carbons (Fsp3) is 0.731. The number of nitrogens with zero attached hydrogens (tertiary/aromatic N) is 2. The van der Waals surface area contributed by atoms with E-state index in [0.29, 0.717) is 19.0 Å². The number of furan rings is 1. The van der Waals surface area contributed by atoms with Gasteiger partial charge in [-0.05, 0) is 93.1 Å². The number of hydrogen-bond donors (Lipinski definition) is 1. The molecule has 7 nitrogen and oxygen atoms in total. The molecule has 4 saturated carbocycles. The molecule has 3 heterocycles. The Morgan fingerprint density at radius 1 is 0.939 bits per heavy atom. The topological polar surface area (TPSA) is 82.9 Å². The lowest BCUT2D eigenvalue weighted by molar-refractivity contribution is -0.157. The summed E-state index contributed by atoms with van der Waals surface area (Å²) in [7, 11) is 0. The third-order valence-electron chi connectivity index (χ3n) is 9.54. The van der Waals surface area contributed by atoms with Crippen molar-refractivity contribution in [1.29, 1.82) is 0 Å². The summed E-state index contributed by atoms with van der Waals surface area (Å²) in [6.07, 6.45) is 11.9. The molecule has 6 fully saturated rings. The molecule has 0 radical (unpaired) electrons. The van der Waals surface area contributed by atoms with Gasteiger partial charge in [-0.15, -0.1) is 0 Å². The molecule has 33 heavy (non-hydrogen) atoms. The van der Waals surface area contributed by atoms with Gasteiger partial charge in [-0.2, -0.15) is 0 Å². The minimum atomic E-state index is -0.364. The van der Waals surface area contributed by atoms with Crippen molar-refractivity contribution >= 4 is 17.7 Å². The van der Waals surface area contributed by atoms with Gasteiger partial charge in [0.2, 0.25) is 11.8 Å². The average molecular weight is 454 g/mol. The maximum atomic E-state index is 13.8. The highest BCUT2D eigenvalue weighted by Crippen LogP contribution is 2.61. The first-order chi connectivity index (χ1) is 15.9. The van der Waals surface area contributed by atoms with Crippen molar-refractivity contribution in [3.63, 3.8) is 0 Å². The predicted molar refractivity (Wildman–Crippen MR) is 121 cm³/mol. The molecular formula is C26H35N3O4. The Kier molecular flexibility index (Phi) is 5.07. The van der Waals surface area contributed by atoms with Crippen LogP contribution in [0.15, 0.2) is 22.8 Å². The van der Waals surface area contributed by atoms with Crippen molar-refractivity contribution in [3.05, 3.63) is 24.2 Å². The lowest BCUT2D eigenvalue weighted by atomic mass is 9.49. The van der Waals surface area contributed by atoms with E-state index in [2.05, 4.69) is 10.2 Å². The zero-order valence-electron chi connectivity index (χ0n) is 19.4. The molecule has 178 valence electrons. The second kappa shape index (κ2) is 7.88. The van der Waals surface area contributed by atoms with Crippen LogP contribution in [-0.2, 0) is 9.59 Å². The number of nitrogens with one attached hydrogen (secondary N) is 1. The number of carbonyl (C=O) groups is 3. The van der Waals surface area contributed by atoms with Crippen LogP contribution in [0.25, 0.3) is 0 Å². The summed E-state index contributed by atoms with van der Waals surface area (Å²) in [5, 5.41) is 2.65. The second-order valence-corrected chi connectivity index (χ2v) is 11.7. The third kappa shape index (κ3) is 3.77. The molecule has 7 rings (SSSR count). The highest BCUT2D eigenvalue weighted by atomic mass is 16.3. The minimum Gasteiger partial charge on any atom is -0.459 e. The van der Waals surface area contributed by atoms with Crippen molar-refractivity contribution in [2.45, 2.75) is 57.8 Å². The monoisotopic (exact) mass is 453 g/mol. The summed E-state index contributed by atoms with van der Waals surface area (Å²) in [6, 6.07) is 3.24. The van der Waals surface area contributed by atoms with E-state index >= 15 is 0 Å². The van der Waals surface area contributed by atoms with Gasteiger partial charge in [-0.25, -0.2) is 0 Å². The smallest absolute Gasteiger partial charge is 0.287 e. The fourth-order valence-corrected chi connectivity index (χ4v) is 8.22. The maximum absolute atomic E-state index is 13.8. The van der Waals surface area contributed by atoms with Crippen LogP contribution in [0.2, 0.25) is 0 Å². The van der Waals surface area contributed by atoms with Crippen LogP contribution in [0.5, 0.6) is 0 Å². The summed E-state index contributed by atoms with van der Waals surface area (Å²) in [5.74, 6) is 2.63. The Hall–Kier alpha value is -2.31. The number of carbonyl (C=O) groups excluding carboxylic acids is 3. The van der Waals surface area contributed by atoms with Crippen LogP contribution in [0.3, 0.4) is 0 Å². The molecule has 1 N–H and O–H groups in total. The molecule has 2 saturated heterocycles. The molecule has 0 unspecified atom stereocenters. The molecule has 1 spiro atoms. The number of rotatable bonds is 4. The molecule has 6 aliphatic rings. The SMILES string of the molecule is O=C(NCC(=O)N1CCC2(CC1)CCN(C(=O)C13CC4CC(CC(C4)C1)C3)C2)c1ccco1. The molecule has 1 aromatic heterocycles. The van der Waals surface area contributed by atoms with Crippen LogP contribution in [0.4, 0.5) is 0 Å². The molecule has 3 amide bonds. The standard InChI is InChI=1S/C26H35N3O4/c30-22(16-27-23(31)21-2-1-9-33-21)28-6-3-25(4-7-28)5-8-29(17-25)24(32)26-13-18-10-19(14-26)12-20(11-18)15-26/h1-2,9,18-20H,3-8,10-17H2,(H,27,31). The van der Waals surface area contributed by atoms with E-state index in [9.17, 15) is 14.4 Å². The van der Waals surface area contributed by atoms with Crippen LogP contribution in [-0.4, -0.2) is 60.2 Å². The number of amides is 3. The molecule has 1 aromatic rings. The van der Waals surface area contributed by atoms with Crippen LogP contribution in [0, 0.1) is 28.6 Å². The molecule has 4 bridgehead atoms. The minimum absolute atomic E-state index is 0.0107. The maximum Gasteiger partial charge on any atom is 0.287 e. The zero-order chi connectivity index (χ0) is 22.6. The summed E-state index contributed by atoms with van der Waals surface area (Å²) in [6.45, 7) is 3.14. The van der Waals surface area contributed by atoms with Gasteiger partial charge in [0.1, 0.15) is 0 Å². The van der Waals surface area contributed by atoms with Crippen LogP contribution >= 0.6 is 0 Å². The fourth-order valence-electron chi connectivity index (χ4n) is 8.22. The number of piperidine rings is 1. The Labute approximate surface area is 195 Å². The normalized spacial score (nSPS) is 34.1. The highest BCUT2D eigenvalue weighted by molar-refractivity contribution is 5.94. The Balaban J connectivity index is 1.02. The Morgan fingerprint density at radius 3 is 2.12 bits per heavy atom. The molecule has 0 aromatic carbocycles. The van der Waals surface area contributed by atoms with Crippen LogP contribution < -0.4 is 5.32 Å². The third-order valence-corrected chi connectivity index (χ3v) is 9.54. The van der Waals surface area contributed by atoms with Crippen molar-refractivity contribution in [2.75, 3.05) is 32.7 Å². The van der Waals surface area contributed by atoms with Crippen molar-refractivity contribution in [1.82, 2.24) is 15.1 Å². The number of likely N-dealkylation sites (tertiary alicyclic amines) is 2. The van der Waals surface area contributed by atoms with E-state index in [4.69, 9.17) is 4.42 Å². The predicted octanol–water partition coefficient (Wildman–Crippen LogP) is 3.07. The van der Waals surface area contributed by atoms with Crippen molar-refractivity contribution < 1.29 is 18.8 Å².